The van der Waals surface area contributed by atoms with Gasteiger partial charge in [-0.2, -0.15) is 0 Å². The molecule has 114 valence electrons. The van der Waals surface area contributed by atoms with Gasteiger partial charge in [0.15, 0.2) is 0 Å². The number of carboxylic acids is 1. The first-order valence-corrected chi connectivity index (χ1v) is 6.93. The third-order valence-corrected chi connectivity index (χ3v) is 3.57. The Kier molecular flexibility index (Phi) is 4.85. The van der Waals surface area contributed by atoms with Crippen LogP contribution < -0.4 is 0 Å². The highest BCUT2D eigenvalue weighted by atomic mass is 35.5. The number of nitro groups is 1. The summed E-state index contributed by atoms with van der Waals surface area (Å²) in [5.41, 5.74) is 0.0714. The number of benzene rings is 1. The van der Waals surface area contributed by atoms with Gasteiger partial charge in [-0.15, -0.1) is 0 Å². The van der Waals surface area contributed by atoms with Gasteiger partial charge in [-0.05, 0) is 12.1 Å². The molecule has 0 spiro atoms. The van der Waals surface area contributed by atoms with E-state index in [-0.39, 0.29) is 15.7 Å². The molecule has 1 aromatic heterocycles. The van der Waals surface area contributed by atoms with Gasteiger partial charge in [0.1, 0.15) is 5.69 Å². The van der Waals surface area contributed by atoms with Crippen LogP contribution in [0.3, 0.4) is 0 Å². The van der Waals surface area contributed by atoms with Crippen LogP contribution in [0, 0.1) is 10.1 Å². The Morgan fingerprint density at radius 3 is 2.32 bits per heavy atom. The Bertz CT molecular complexity index is 757. The van der Waals surface area contributed by atoms with Gasteiger partial charge >= 0.3 is 5.97 Å². The van der Waals surface area contributed by atoms with Crippen molar-refractivity contribution >= 4 is 46.5 Å². The number of hydrogen-bond donors (Lipinski definition) is 1. The van der Waals surface area contributed by atoms with Crippen LogP contribution in [0.1, 0.15) is 5.69 Å². The third kappa shape index (κ3) is 3.47. The first-order valence-electron chi connectivity index (χ1n) is 5.79. The highest BCUT2D eigenvalue weighted by Crippen LogP contribution is 2.38. The highest BCUT2D eigenvalue weighted by molar-refractivity contribution is 6.41. The molecule has 1 N–H and O–H groups in total. The molecule has 0 aliphatic carbocycles. The fourth-order valence-electron chi connectivity index (χ4n) is 1.87. The Balaban J connectivity index is 2.61. The maximum Gasteiger partial charge on any atom is 0.309 e. The van der Waals surface area contributed by atoms with Crippen molar-refractivity contribution < 1.29 is 14.8 Å². The molecule has 0 atom stereocenters. The minimum atomic E-state index is -1.22. The quantitative estimate of drug-likeness (QED) is 0.649. The number of pyridine rings is 1. The second kappa shape index (κ2) is 6.48. The second-order valence-corrected chi connectivity index (χ2v) is 5.51. The molecule has 2 rings (SSSR count). The Morgan fingerprint density at radius 1 is 1.23 bits per heavy atom. The lowest BCUT2D eigenvalue weighted by molar-refractivity contribution is -0.385. The fourth-order valence-corrected chi connectivity index (χ4v) is 2.91. The minimum Gasteiger partial charge on any atom is -0.481 e. The first-order chi connectivity index (χ1) is 10.3. The topological polar surface area (TPSA) is 93.3 Å². The molecule has 0 unspecified atom stereocenters. The van der Waals surface area contributed by atoms with E-state index >= 15 is 0 Å². The average molecular weight is 362 g/mol. The van der Waals surface area contributed by atoms with E-state index < -0.39 is 23.0 Å². The largest absolute Gasteiger partial charge is 0.481 e. The van der Waals surface area contributed by atoms with Gasteiger partial charge < -0.3 is 5.11 Å². The van der Waals surface area contributed by atoms with Crippen LogP contribution in [0.25, 0.3) is 11.1 Å². The monoisotopic (exact) mass is 360 g/mol. The van der Waals surface area contributed by atoms with Gasteiger partial charge in [-0.3, -0.25) is 19.9 Å². The average Bonchev–Trinajstić information content (AvgIpc) is 2.38. The molecule has 0 saturated heterocycles. The molecule has 2 aromatic rings. The molecule has 0 fully saturated rings. The summed E-state index contributed by atoms with van der Waals surface area (Å²) in [7, 11) is 0. The molecule has 6 nitrogen and oxygen atoms in total. The van der Waals surface area contributed by atoms with Gasteiger partial charge in [0.25, 0.3) is 5.69 Å². The molecule has 0 amide bonds. The summed E-state index contributed by atoms with van der Waals surface area (Å²) in [6.07, 6.45) is 0.727. The molecule has 0 bridgehead atoms. The normalized spacial score (nSPS) is 10.5. The summed E-state index contributed by atoms with van der Waals surface area (Å²) in [5, 5.41) is 20.6. The maximum absolute atomic E-state index is 11.1. The SMILES string of the molecule is O=C(O)Cc1ncc(-c2c(Cl)cc(Cl)cc2Cl)cc1[N+](=O)[O-]. The van der Waals surface area contributed by atoms with E-state index in [4.69, 9.17) is 39.9 Å². The summed E-state index contributed by atoms with van der Waals surface area (Å²) in [6.45, 7) is 0. The van der Waals surface area contributed by atoms with E-state index in [1.54, 1.807) is 0 Å². The minimum absolute atomic E-state index is 0.151. The van der Waals surface area contributed by atoms with Gasteiger partial charge in [0, 0.05) is 28.4 Å². The number of nitrogens with zero attached hydrogens (tertiary/aromatic N) is 2. The Hall–Kier alpha value is -1.89. The fraction of sp³-hybridized carbons (Fsp3) is 0.0769. The van der Waals surface area contributed by atoms with Gasteiger partial charge in [0.05, 0.1) is 21.4 Å². The molecule has 22 heavy (non-hydrogen) atoms. The van der Waals surface area contributed by atoms with Crippen molar-refractivity contribution in [2.75, 3.05) is 0 Å². The molecule has 0 aliphatic heterocycles. The third-order valence-electron chi connectivity index (χ3n) is 2.76. The smallest absolute Gasteiger partial charge is 0.309 e. The van der Waals surface area contributed by atoms with Crippen LogP contribution in [-0.4, -0.2) is 21.0 Å². The van der Waals surface area contributed by atoms with E-state index in [2.05, 4.69) is 4.98 Å². The zero-order valence-corrected chi connectivity index (χ0v) is 13.0. The summed E-state index contributed by atoms with van der Waals surface area (Å²) in [5.74, 6) is -1.22. The van der Waals surface area contributed by atoms with Crippen LogP contribution in [0.15, 0.2) is 24.4 Å². The summed E-state index contributed by atoms with van der Waals surface area (Å²) < 4.78 is 0. The van der Waals surface area contributed by atoms with E-state index in [0.29, 0.717) is 16.1 Å². The van der Waals surface area contributed by atoms with Crippen LogP contribution in [0.2, 0.25) is 15.1 Å². The summed E-state index contributed by atoms with van der Waals surface area (Å²) in [6, 6.07) is 4.08. The highest BCUT2D eigenvalue weighted by Gasteiger charge is 2.21. The van der Waals surface area contributed by atoms with Crippen LogP contribution in [0.5, 0.6) is 0 Å². The number of carboxylic acid groups (broad SMARTS) is 1. The van der Waals surface area contributed by atoms with Gasteiger partial charge in [-0.25, -0.2) is 0 Å². The van der Waals surface area contributed by atoms with Crippen molar-refractivity contribution in [3.8, 4) is 11.1 Å². The molecular formula is C13H7Cl3N2O4. The van der Waals surface area contributed by atoms with Crippen molar-refractivity contribution in [1.29, 1.82) is 0 Å². The lowest BCUT2D eigenvalue weighted by Crippen LogP contribution is -2.06. The summed E-state index contributed by atoms with van der Waals surface area (Å²) in [4.78, 5) is 25.0. The lowest BCUT2D eigenvalue weighted by atomic mass is 10.1. The number of rotatable bonds is 4. The number of hydrogen-bond acceptors (Lipinski definition) is 4. The van der Waals surface area contributed by atoms with Crippen molar-refractivity contribution in [2.45, 2.75) is 6.42 Å². The van der Waals surface area contributed by atoms with Crippen molar-refractivity contribution in [1.82, 2.24) is 4.98 Å². The number of aliphatic carboxylic acids is 1. The Labute approximate surface area is 139 Å². The molecule has 0 aliphatic rings. The van der Waals surface area contributed by atoms with Gasteiger partial charge in [-0.1, -0.05) is 34.8 Å². The van der Waals surface area contributed by atoms with E-state index in [0.717, 1.165) is 0 Å². The second-order valence-electron chi connectivity index (χ2n) is 4.26. The van der Waals surface area contributed by atoms with Gasteiger partial charge in [0.2, 0.25) is 0 Å². The van der Waals surface area contributed by atoms with Crippen LogP contribution in [0.4, 0.5) is 5.69 Å². The predicted molar refractivity (Wildman–Crippen MR) is 82.7 cm³/mol. The van der Waals surface area contributed by atoms with E-state index in [1.165, 1.54) is 24.4 Å². The van der Waals surface area contributed by atoms with Crippen LogP contribution in [-0.2, 0) is 11.2 Å². The molecule has 9 heteroatoms. The molecular weight excluding hydrogens is 355 g/mol. The first kappa shape index (κ1) is 16.5. The zero-order valence-electron chi connectivity index (χ0n) is 10.7. The molecule has 1 heterocycles. The number of carbonyl (C=O) groups is 1. The zero-order chi connectivity index (χ0) is 16.4. The Morgan fingerprint density at radius 2 is 1.82 bits per heavy atom. The summed E-state index contributed by atoms with van der Waals surface area (Å²) >= 11 is 17.9. The molecule has 0 radical (unpaired) electrons. The lowest BCUT2D eigenvalue weighted by Gasteiger charge is -2.09. The van der Waals surface area contributed by atoms with Crippen LogP contribution >= 0.6 is 34.8 Å². The molecule has 0 saturated carbocycles. The van der Waals surface area contributed by atoms with Crippen molar-refractivity contribution in [3.05, 3.63) is 55.3 Å². The predicted octanol–water partition coefficient (Wildman–Crippen LogP) is 4.24. The van der Waals surface area contributed by atoms with Crippen molar-refractivity contribution in [2.24, 2.45) is 0 Å². The maximum atomic E-state index is 11.1. The van der Waals surface area contributed by atoms with E-state index in [9.17, 15) is 14.9 Å². The van der Waals surface area contributed by atoms with Crippen molar-refractivity contribution in [3.63, 3.8) is 0 Å². The number of aromatic nitrogens is 1. The van der Waals surface area contributed by atoms with E-state index in [1.807, 2.05) is 0 Å². The molecule has 1 aromatic carbocycles. The standard InChI is InChI=1S/C13H7Cl3N2O4/c14-7-2-8(15)13(9(16)3-7)6-1-11(18(21)22)10(17-5-6)4-12(19)20/h1-3,5H,4H2,(H,19,20). The number of halogens is 3.